The molecule has 3 nitrogen and oxygen atoms in total. The lowest BCUT2D eigenvalue weighted by Gasteiger charge is -2.13. The molecule has 1 aromatic rings. The van der Waals surface area contributed by atoms with Crippen molar-refractivity contribution in [2.75, 3.05) is 0 Å². The quantitative estimate of drug-likeness (QED) is 0.801. The van der Waals surface area contributed by atoms with E-state index in [-0.39, 0.29) is 0 Å². The third-order valence-corrected chi connectivity index (χ3v) is 2.12. The zero-order valence-electron chi connectivity index (χ0n) is 7.97. The Balaban J connectivity index is 2.80. The largest absolute Gasteiger partial charge is 0.390 e. The van der Waals surface area contributed by atoms with Crippen molar-refractivity contribution >= 4 is 0 Å². The molecule has 0 aliphatic carbocycles. The van der Waals surface area contributed by atoms with Gasteiger partial charge in [0, 0.05) is 24.3 Å². The molecule has 0 fully saturated rings. The van der Waals surface area contributed by atoms with Gasteiger partial charge in [0.15, 0.2) is 0 Å². The van der Waals surface area contributed by atoms with Gasteiger partial charge < -0.3 is 5.73 Å². The van der Waals surface area contributed by atoms with Crippen molar-refractivity contribution in [3.05, 3.63) is 17.5 Å². The van der Waals surface area contributed by atoms with Gasteiger partial charge in [-0.15, -0.1) is 0 Å². The minimum Gasteiger partial charge on any atom is -0.324 e. The summed E-state index contributed by atoms with van der Waals surface area (Å²) in [4.78, 5) is 0. The Labute approximate surface area is 79.7 Å². The van der Waals surface area contributed by atoms with Crippen molar-refractivity contribution in [3.63, 3.8) is 0 Å². The first kappa shape index (κ1) is 11.0. The van der Waals surface area contributed by atoms with Gasteiger partial charge in [-0.2, -0.15) is 18.3 Å². The standard InChI is InChI=1S/C8H12F3N3/c1-5-6(4-13-14(5)2)7(12)3-8(9,10)11/h4,7H,3,12H2,1-2H3/t7-/m1/s1. The fourth-order valence-corrected chi connectivity index (χ4v) is 1.24. The Hall–Kier alpha value is -1.04. The molecule has 80 valence electrons. The molecule has 0 amide bonds. The normalized spacial score (nSPS) is 14.4. The summed E-state index contributed by atoms with van der Waals surface area (Å²) >= 11 is 0. The van der Waals surface area contributed by atoms with E-state index in [2.05, 4.69) is 5.10 Å². The van der Waals surface area contributed by atoms with Crippen LogP contribution < -0.4 is 5.73 Å². The zero-order chi connectivity index (χ0) is 10.9. The van der Waals surface area contributed by atoms with Crippen molar-refractivity contribution in [2.24, 2.45) is 12.8 Å². The molecule has 14 heavy (non-hydrogen) atoms. The molecule has 0 saturated heterocycles. The van der Waals surface area contributed by atoms with Crippen LogP contribution in [0.15, 0.2) is 6.20 Å². The van der Waals surface area contributed by atoms with Crippen LogP contribution in [0, 0.1) is 6.92 Å². The maximum absolute atomic E-state index is 12.0. The average molecular weight is 207 g/mol. The molecule has 1 rings (SSSR count). The molecular formula is C8H12F3N3. The first-order chi connectivity index (χ1) is 6.31. The highest BCUT2D eigenvalue weighted by Crippen LogP contribution is 2.28. The van der Waals surface area contributed by atoms with Gasteiger partial charge in [-0.3, -0.25) is 4.68 Å². The molecule has 0 aliphatic heterocycles. The van der Waals surface area contributed by atoms with E-state index >= 15 is 0 Å². The van der Waals surface area contributed by atoms with Crippen molar-refractivity contribution in [2.45, 2.75) is 25.6 Å². The smallest absolute Gasteiger partial charge is 0.324 e. The molecule has 0 spiro atoms. The summed E-state index contributed by atoms with van der Waals surface area (Å²) in [6.07, 6.45) is -3.87. The van der Waals surface area contributed by atoms with Crippen LogP contribution in [-0.2, 0) is 7.05 Å². The summed E-state index contributed by atoms with van der Waals surface area (Å²) in [6, 6.07) is -1.02. The number of hydrogen-bond acceptors (Lipinski definition) is 2. The maximum atomic E-state index is 12.0. The minimum absolute atomic E-state index is 0.449. The maximum Gasteiger partial charge on any atom is 0.390 e. The Morgan fingerprint density at radius 3 is 2.50 bits per heavy atom. The lowest BCUT2D eigenvalue weighted by molar-refractivity contribution is -0.138. The molecule has 0 bridgehead atoms. The number of halogens is 3. The van der Waals surface area contributed by atoms with Gasteiger partial charge in [0.05, 0.1) is 12.6 Å². The summed E-state index contributed by atoms with van der Waals surface area (Å²) in [5.41, 5.74) is 6.54. The number of rotatable bonds is 2. The van der Waals surface area contributed by atoms with Crippen LogP contribution in [-0.4, -0.2) is 16.0 Å². The van der Waals surface area contributed by atoms with E-state index in [1.54, 1.807) is 14.0 Å². The van der Waals surface area contributed by atoms with E-state index in [9.17, 15) is 13.2 Å². The highest BCUT2D eigenvalue weighted by molar-refractivity contribution is 5.20. The van der Waals surface area contributed by atoms with Crippen LogP contribution in [0.4, 0.5) is 13.2 Å². The molecule has 0 aliphatic rings. The van der Waals surface area contributed by atoms with E-state index < -0.39 is 18.6 Å². The Bertz CT molecular complexity index is 316. The summed E-state index contributed by atoms with van der Waals surface area (Å²) in [6.45, 7) is 1.69. The second kappa shape index (κ2) is 3.61. The van der Waals surface area contributed by atoms with Crippen LogP contribution in [0.1, 0.15) is 23.7 Å². The fourth-order valence-electron chi connectivity index (χ4n) is 1.24. The third kappa shape index (κ3) is 2.47. The van der Waals surface area contributed by atoms with E-state index in [0.29, 0.717) is 11.3 Å². The third-order valence-electron chi connectivity index (χ3n) is 2.12. The van der Waals surface area contributed by atoms with Gasteiger partial charge in [-0.05, 0) is 6.92 Å². The lowest BCUT2D eigenvalue weighted by Crippen LogP contribution is -2.20. The van der Waals surface area contributed by atoms with Crippen molar-refractivity contribution in [1.29, 1.82) is 0 Å². The Morgan fingerprint density at radius 1 is 1.57 bits per heavy atom. The van der Waals surface area contributed by atoms with Crippen LogP contribution in [0.25, 0.3) is 0 Å². The Morgan fingerprint density at radius 2 is 2.14 bits per heavy atom. The molecule has 0 saturated carbocycles. The topological polar surface area (TPSA) is 43.8 Å². The lowest BCUT2D eigenvalue weighted by atomic mass is 10.1. The molecule has 0 aromatic carbocycles. The second-order valence-corrected chi connectivity index (χ2v) is 3.23. The fraction of sp³-hybridized carbons (Fsp3) is 0.625. The van der Waals surface area contributed by atoms with Gasteiger partial charge in [0.1, 0.15) is 0 Å². The van der Waals surface area contributed by atoms with Crippen molar-refractivity contribution < 1.29 is 13.2 Å². The summed E-state index contributed by atoms with van der Waals surface area (Å²) < 4.78 is 37.6. The zero-order valence-corrected chi connectivity index (χ0v) is 7.97. The first-order valence-corrected chi connectivity index (χ1v) is 4.12. The van der Waals surface area contributed by atoms with Gasteiger partial charge in [-0.25, -0.2) is 0 Å². The molecular weight excluding hydrogens is 195 g/mol. The predicted octanol–water partition coefficient (Wildman–Crippen LogP) is 1.68. The van der Waals surface area contributed by atoms with Crippen LogP contribution >= 0.6 is 0 Å². The number of nitrogens with two attached hydrogens (primary N) is 1. The van der Waals surface area contributed by atoms with Gasteiger partial charge in [-0.1, -0.05) is 0 Å². The minimum atomic E-state index is -4.23. The SMILES string of the molecule is Cc1c([C@H](N)CC(F)(F)F)cnn1C. The molecule has 1 heterocycles. The molecule has 6 heteroatoms. The summed E-state index contributed by atoms with van der Waals surface area (Å²) in [7, 11) is 1.67. The summed E-state index contributed by atoms with van der Waals surface area (Å²) in [5, 5.41) is 3.84. The highest BCUT2D eigenvalue weighted by Gasteiger charge is 2.31. The molecule has 1 atom stereocenters. The van der Waals surface area contributed by atoms with Gasteiger partial charge >= 0.3 is 6.18 Å². The monoisotopic (exact) mass is 207 g/mol. The predicted molar refractivity (Wildman–Crippen MR) is 45.5 cm³/mol. The van der Waals surface area contributed by atoms with E-state index in [0.717, 1.165) is 0 Å². The average Bonchev–Trinajstić information content (AvgIpc) is 2.29. The number of alkyl halides is 3. The summed E-state index contributed by atoms with van der Waals surface area (Å²) in [5.74, 6) is 0. The second-order valence-electron chi connectivity index (χ2n) is 3.23. The first-order valence-electron chi connectivity index (χ1n) is 4.12. The Kier molecular flexibility index (Phi) is 2.84. The van der Waals surface area contributed by atoms with Crippen molar-refractivity contribution in [1.82, 2.24) is 9.78 Å². The highest BCUT2D eigenvalue weighted by atomic mass is 19.4. The molecule has 1 aromatic heterocycles. The molecule has 0 unspecified atom stereocenters. The number of aromatic nitrogens is 2. The van der Waals surface area contributed by atoms with Crippen LogP contribution in [0.5, 0.6) is 0 Å². The van der Waals surface area contributed by atoms with Gasteiger partial charge in [0.2, 0.25) is 0 Å². The van der Waals surface area contributed by atoms with E-state index in [4.69, 9.17) is 5.73 Å². The van der Waals surface area contributed by atoms with Crippen LogP contribution in [0.3, 0.4) is 0 Å². The molecule has 0 radical (unpaired) electrons. The van der Waals surface area contributed by atoms with Gasteiger partial charge in [0.25, 0.3) is 0 Å². The molecule has 2 N–H and O–H groups in total. The van der Waals surface area contributed by atoms with Crippen LogP contribution in [0.2, 0.25) is 0 Å². The number of hydrogen-bond donors (Lipinski definition) is 1. The van der Waals surface area contributed by atoms with E-state index in [1.807, 2.05) is 0 Å². The number of aryl methyl sites for hydroxylation is 1. The van der Waals surface area contributed by atoms with Crippen molar-refractivity contribution in [3.8, 4) is 0 Å². The van der Waals surface area contributed by atoms with E-state index in [1.165, 1.54) is 10.9 Å². The number of nitrogens with zero attached hydrogens (tertiary/aromatic N) is 2.